The third-order valence-corrected chi connectivity index (χ3v) is 7.43. The van der Waals surface area contributed by atoms with Crippen LogP contribution in [-0.2, 0) is 17.3 Å². The van der Waals surface area contributed by atoms with Gasteiger partial charge in [0.05, 0.1) is 32.0 Å². The smallest absolute Gasteiger partial charge is 0.122 e. The fourth-order valence-corrected chi connectivity index (χ4v) is 5.50. The SMILES string of the molecule is Cc1ccc2c(c1C)N(CCN(C)Cc1cccc(C)c1O)c1ccccc1S2=O. The summed E-state index contributed by atoms with van der Waals surface area (Å²) in [4.78, 5) is 6.28. The van der Waals surface area contributed by atoms with Gasteiger partial charge in [-0.25, -0.2) is 4.21 Å². The zero-order chi connectivity index (χ0) is 21.4. The first-order chi connectivity index (χ1) is 14.4. The second-order valence-electron chi connectivity index (χ2n) is 8.06. The van der Waals surface area contributed by atoms with Gasteiger partial charge in [-0.1, -0.05) is 36.4 Å². The van der Waals surface area contributed by atoms with Gasteiger partial charge in [0.2, 0.25) is 0 Å². The van der Waals surface area contributed by atoms with Crippen LogP contribution in [0.1, 0.15) is 22.3 Å². The molecule has 3 aromatic carbocycles. The predicted molar refractivity (Wildman–Crippen MR) is 123 cm³/mol. The average molecular weight is 421 g/mol. The highest BCUT2D eigenvalue weighted by atomic mass is 32.2. The Morgan fingerprint density at radius 3 is 2.50 bits per heavy atom. The lowest BCUT2D eigenvalue weighted by atomic mass is 10.1. The maximum atomic E-state index is 13.2. The summed E-state index contributed by atoms with van der Waals surface area (Å²) in [5, 5.41) is 10.3. The highest BCUT2D eigenvalue weighted by Gasteiger charge is 2.29. The fraction of sp³-hybridized carbons (Fsp3) is 0.280. The molecule has 0 radical (unpaired) electrons. The Hall–Kier alpha value is -2.63. The van der Waals surface area contributed by atoms with E-state index in [1.807, 2.05) is 49.4 Å². The van der Waals surface area contributed by atoms with Gasteiger partial charge >= 0.3 is 0 Å². The molecule has 1 aliphatic heterocycles. The van der Waals surface area contributed by atoms with Crippen molar-refractivity contribution in [3.8, 4) is 5.75 Å². The van der Waals surface area contributed by atoms with Crippen LogP contribution in [-0.4, -0.2) is 34.4 Å². The number of hydrogen-bond acceptors (Lipinski definition) is 4. The van der Waals surface area contributed by atoms with E-state index >= 15 is 0 Å². The number of anilines is 2. The topological polar surface area (TPSA) is 43.8 Å². The minimum Gasteiger partial charge on any atom is -0.507 e. The first-order valence-electron chi connectivity index (χ1n) is 10.2. The molecule has 0 bridgehead atoms. The number of rotatable bonds is 5. The number of phenolic OH excluding ortho intramolecular Hbond substituents is 1. The van der Waals surface area contributed by atoms with E-state index in [-0.39, 0.29) is 0 Å². The lowest BCUT2D eigenvalue weighted by Gasteiger charge is -2.35. The van der Waals surface area contributed by atoms with Crippen molar-refractivity contribution in [2.75, 3.05) is 25.0 Å². The minimum atomic E-state index is -1.17. The van der Waals surface area contributed by atoms with Crippen LogP contribution in [0.3, 0.4) is 0 Å². The van der Waals surface area contributed by atoms with Crippen LogP contribution >= 0.6 is 0 Å². The van der Waals surface area contributed by atoms with Crippen LogP contribution in [0.4, 0.5) is 11.4 Å². The van der Waals surface area contributed by atoms with Gasteiger partial charge in [-0.2, -0.15) is 0 Å². The van der Waals surface area contributed by atoms with Crippen molar-refractivity contribution in [3.05, 3.63) is 76.9 Å². The second kappa shape index (κ2) is 8.25. The van der Waals surface area contributed by atoms with Gasteiger partial charge in [0.25, 0.3) is 0 Å². The van der Waals surface area contributed by atoms with Crippen LogP contribution in [0.2, 0.25) is 0 Å². The fourth-order valence-electron chi connectivity index (χ4n) is 4.06. The molecule has 1 unspecified atom stereocenters. The van der Waals surface area contributed by atoms with Crippen molar-refractivity contribution in [3.63, 3.8) is 0 Å². The number of nitrogens with zero attached hydrogens (tertiary/aromatic N) is 2. The van der Waals surface area contributed by atoms with E-state index in [0.717, 1.165) is 45.4 Å². The number of aryl methyl sites for hydroxylation is 2. The largest absolute Gasteiger partial charge is 0.507 e. The Labute approximate surface area is 181 Å². The predicted octanol–water partition coefficient (Wildman–Crippen LogP) is 5.07. The van der Waals surface area contributed by atoms with Crippen molar-refractivity contribution in [1.82, 2.24) is 4.90 Å². The normalized spacial score (nSPS) is 15.2. The number of aromatic hydroxyl groups is 1. The van der Waals surface area contributed by atoms with Crippen molar-refractivity contribution in [1.29, 1.82) is 0 Å². The van der Waals surface area contributed by atoms with Gasteiger partial charge in [-0.05, 0) is 62.7 Å². The number of fused-ring (bicyclic) bond motifs is 2. The number of benzene rings is 3. The van der Waals surface area contributed by atoms with Gasteiger partial charge in [-0.3, -0.25) is 0 Å². The minimum absolute atomic E-state index is 0.375. The first-order valence-corrected chi connectivity index (χ1v) is 11.4. The molecule has 4 rings (SSSR count). The lowest BCUT2D eigenvalue weighted by molar-refractivity contribution is 0.327. The zero-order valence-electron chi connectivity index (χ0n) is 18.0. The molecule has 1 atom stereocenters. The van der Waals surface area contributed by atoms with Crippen LogP contribution in [0.5, 0.6) is 5.75 Å². The van der Waals surface area contributed by atoms with Crippen molar-refractivity contribution >= 4 is 22.2 Å². The van der Waals surface area contributed by atoms with E-state index < -0.39 is 10.8 Å². The summed E-state index contributed by atoms with van der Waals surface area (Å²) in [5.74, 6) is 0.375. The molecule has 1 N–H and O–H groups in total. The summed E-state index contributed by atoms with van der Waals surface area (Å²) in [6, 6.07) is 17.9. The first kappa shape index (κ1) is 20.6. The number of likely N-dealkylation sites (N-methyl/N-ethyl adjacent to an activating group) is 1. The van der Waals surface area contributed by atoms with Crippen molar-refractivity contribution < 1.29 is 9.32 Å². The summed E-state index contributed by atoms with van der Waals surface area (Å²) in [6.07, 6.45) is 0. The highest BCUT2D eigenvalue weighted by molar-refractivity contribution is 7.85. The molecule has 156 valence electrons. The van der Waals surface area contributed by atoms with E-state index in [0.29, 0.717) is 12.3 Å². The molecule has 5 heteroatoms. The standard InChI is InChI=1S/C25H28N2O2S/c1-17-12-13-23-24(19(17)3)27(21-10-5-6-11-22(21)30(23)29)15-14-26(4)16-20-9-7-8-18(2)25(20)28/h5-13,28H,14-16H2,1-4H3. The van der Waals surface area contributed by atoms with E-state index in [1.165, 1.54) is 11.1 Å². The summed E-state index contributed by atoms with van der Waals surface area (Å²) in [5.41, 5.74) is 6.30. The Bertz CT molecular complexity index is 1130. The molecule has 30 heavy (non-hydrogen) atoms. The monoisotopic (exact) mass is 420 g/mol. The Kier molecular flexibility index (Phi) is 5.67. The van der Waals surface area contributed by atoms with E-state index in [1.54, 1.807) is 0 Å². The molecule has 0 amide bonds. The summed E-state index contributed by atoms with van der Waals surface area (Å²) in [6.45, 7) is 8.39. The molecule has 0 aliphatic carbocycles. The summed E-state index contributed by atoms with van der Waals surface area (Å²) in [7, 11) is 0.900. The maximum Gasteiger partial charge on any atom is 0.122 e. The van der Waals surface area contributed by atoms with Gasteiger partial charge in [0.15, 0.2) is 0 Å². The van der Waals surface area contributed by atoms with Crippen molar-refractivity contribution in [2.24, 2.45) is 0 Å². The van der Waals surface area contributed by atoms with Gasteiger partial charge in [0.1, 0.15) is 5.75 Å². The van der Waals surface area contributed by atoms with E-state index in [4.69, 9.17) is 0 Å². The van der Waals surface area contributed by atoms with Crippen LogP contribution < -0.4 is 4.90 Å². The third-order valence-electron chi connectivity index (χ3n) is 5.96. The average Bonchev–Trinajstić information content (AvgIpc) is 2.74. The maximum absolute atomic E-state index is 13.2. The third kappa shape index (κ3) is 3.64. The molecular weight excluding hydrogens is 392 g/mol. The summed E-state index contributed by atoms with van der Waals surface area (Å²) < 4.78 is 13.2. The van der Waals surface area contributed by atoms with Crippen LogP contribution in [0.25, 0.3) is 0 Å². The molecule has 3 aromatic rings. The molecular formula is C25H28N2O2S. The lowest BCUT2D eigenvalue weighted by Crippen LogP contribution is -2.33. The number of hydrogen-bond donors (Lipinski definition) is 1. The van der Waals surface area contributed by atoms with Crippen molar-refractivity contribution in [2.45, 2.75) is 37.1 Å². The Morgan fingerprint density at radius 2 is 1.70 bits per heavy atom. The quantitative estimate of drug-likeness (QED) is 0.626. The molecule has 0 saturated carbocycles. The molecule has 0 fully saturated rings. The van der Waals surface area contributed by atoms with Crippen LogP contribution in [0.15, 0.2) is 64.4 Å². The van der Waals surface area contributed by atoms with Crippen LogP contribution in [0, 0.1) is 20.8 Å². The molecule has 4 nitrogen and oxygen atoms in total. The number of para-hydroxylation sites is 2. The van der Waals surface area contributed by atoms with E-state index in [9.17, 15) is 9.32 Å². The molecule has 1 aliphatic rings. The molecule has 0 saturated heterocycles. The Morgan fingerprint density at radius 1 is 0.933 bits per heavy atom. The summed E-state index contributed by atoms with van der Waals surface area (Å²) >= 11 is 0. The van der Waals surface area contributed by atoms with Gasteiger partial charge in [-0.15, -0.1) is 0 Å². The number of phenols is 1. The van der Waals surface area contributed by atoms with E-state index in [2.05, 4.69) is 42.8 Å². The Balaban J connectivity index is 1.63. The molecule has 1 heterocycles. The zero-order valence-corrected chi connectivity index (χ0v) is 18.8. The highest BCUT2D eigenvalue weighted by Crippen LogP contribution is 2.44. The van der Waals surface area contributed by atoms with Gasteiger partial charge in [0, 0.05) is 25.2 Å². The second-order valence-corrected chi connectivity index (χ2v) is 9.48. The molecule has 0 aromatic heterocycles. The van der Waals surface area contributed by atoms with Gasteiger partial charge < -0.3 is 14.9 Å². The molecule has 0 spiro atoms.